The smallest absolute Gasteiger partial charge is 0.121 e. The summed E-state index contributed by atoms with van der Waals surface area (Å²) in [7, 11) is 0. The SMILES string of the molecule is Cc1ccccc1CC1(C)NCC(C)(C)O1. The summed E-state index contributed by atoms with van der Waals surface area (Å²) in [5, 5.41) is 3.48. The van der Waals surface area contributed by atoms with Gasteiger partial charge < -0.3 is 4.74 Å². The van der Waals surface area contributed by atoms with Gasteiger partial charge in [0, 0.05) is 13.0 Å². The highest BCUT2D eigenvalue weighted by molar-refractivity contribution is 5.27. The highest BCUT2D eigenvalue weighted by Gasteiger charge is 2.40. The van der Waals surface area contributed by atoms with Crippen molar-refractivity contribution >= 4 is 0 Å². The average Bonchev–Trinajstić information content (AvgIpc) is 2.45. The molecule has 1 N–H and O–H groups in total. The fourth-order valence-corrected chi connectivity index (χ4v) is 2.35. The molecule has 1 unspecified atom stereocenters. The Morgan fingerprint density at radius 2 is 1.94 bits per heavy atom. The van der Waals surface area contributed by atoms with Crippen LogP contribution >= 0.6 is 0 Å². The van der Waals surface area contributed by atoms with Crippen molar-refractivity contribution in [3.05, 3.63) is 35.4 Å². The first-order valence-electron chi connectivity index (χ1n) is 5.90. The van der Waals surface area contributed by atoms with E-state index in [4.69, 9.17) is 4.74 Å². The summed E-state index contributed by atoms with van der Waals surface area (Å²) < 4.78 is 6.08. The van der Waals surface area contributed by atoms with Crippen LogP contribution in [0.2, 0.25) is 0 Å². The molecule has 0 radical (unpaired) electrons. The van der Waals surface area contributed by atoms with E-state index in [1.54, 1.807) is 0 Å². The van der Waals surface area contributed by atoms with E-state index < -0.39 is 0 Å². The second kappa shape index (κ2) is 3.86. The van der Waals surface area contributed by atoms with Gasteiger partial charge in [0.15, 0.2) is 0 Å². The summed E-state index contributed by atoms with van der Waals surface area (Å²) in [5.74, 6) is 0. The van der Waals surface area contributed by atoms with Crippen molar-refractivity contribution in [1.82, 2.24) is 5.32 Å². The van der Waals surface area contributed by atoms with Gasteiger partial charge in [0.2, 0.25) is 0 Å². The van der Waals surface area contributed by atoms with E-state index in [1.807, 2.05) is 0 Å². The quantitative estimate of drug-likeness (QED) is 0.825. The van der Waals surface area contributed by atoms with Gasteiger partial charge in [-0.2, -0.15) is 0 Å². The fourth-order valence-electron chi connectivity index (χ4n) is 2.35. The number of aryl methyl sites for hydroxylation is 1. The Labute approximate surface area is 98.0 Å². The Bertz CT molecular complexity index is 386. The lowest BCUT2D eigenvalue weighted by atomic mass is 10.00. The van der Waals surface area contributed by atoms with Crippen LogP contribution in [0.4, 0.5) is 0 Å². The van der Waals surface area contributed by atoms with Crippen LogP contribution in [0, 0.1) is 6.92 Å². The van der Waals surface area contributed by atoms with Crippen molar-refractivity contribution in [3.63, 3.8) is 0 Å². The lowest BCUT2D eigenvalue weighted by Gasteiger charge is -2.27. The third-order valence-electron chi connectivity index (χ3n) is 3.18. The molecule has 1 fully saturated rings. The van der Waals surface area contributed by atoms with Crippen LogP contribution in [-0.4, -0.2) is 17.9 Å². The summed E-state index contributed by atoms with van der Waals surface area (Å²) in [4.78, 5) is 0. The summed E-state index contributed by atoms with van der Waals surface area (Å²) in [6, 6.07) is 8.50. The zero-order valence-electron chi connectivity index (χ0n) is 10.6. The van der Waals surface area contributed by atoms with Crippen molar-refractivity contribution < 1.29 is 4.74 Å². The third kappa shape index (κ3) is 2.45. The molecule has 1 aliphatic heterocycles. The Morgan fingerprint density at radius 1 is 1.25 bits per heavy atom. The molecule has 0 spiro atoms. The summed E-state index contributed by atoms with van der Waals surface area (Å²) >= 11 is 0. The standard InChI is InChI=1S/C14H21NO/c1-11-7-5-6-8-12(11)9-14(4)15-10-13(2,3)16-14/h5-8,15H,9-10H2,1-4H3. The van der Waals surface area contributed by atoms with Crippen LogP contribution < -0.4 is 5.32 Å². The molecule has 2 heteroatoms. The van der Waals surface area contributed by atoms with Gasteiger partial charge in [-0.05, 0) is 38.8 Å². The van der Waals surface area contributed by atoms with Crippen LogP contribution in [-0.2, 0) is 11.2 Å². The van der Waals surface area contributed by atoms with E-state index in [1.165, 1.54) is 11.1 Å². The molecule has 0 aromatic heterocycles. The molecule has 2 nitrogen and oxygen atoms in total. The first-order valence-corrected chi connectivity index (χ1v) is 5.90. The normalized spacial score (nSPS) is 28.2. The molecule has 1 aromatic rings. The first kappa shape index (κ1) is 11.6. The van der Waals surface area contributed by atoms with Crippen molar-refractivity contribution in [2.24, 2.45) is 0 Å². The summed E-state index contributed by atoms with van der Waals surface area (Å²) in [6.45, 7) is 9.45. The summed E-state index contributed by atoms with van der Waals surface area (Å²) in [6.07, 6.45) is 0.920. The minimum Gasteiger partial charge on any atom is -0.353 e. The number of benzene rings is 1. The first-order chi connectivity index (χ1) is 7.40. The highest BCUT2D eigenvalue weighted by atomic mass is 16.5. The molecule has 1 atom stereocenters. The zero-order chi connectivity index (χ0) is 11.8. The Morgan fingerprint density at radius 3 is 2.50 bits per heavy atom. The molecule has 1 saturated heterocycles. The molecule has 0 saturated carbocycles. The number of hydrogen-bond donors (Lipinski definition) is 1. The van der Waals surface area contributed by atoms with E-state index in [0.717, 1.165) is 13.0 Å². The third-order valence-corrected chi connectivity index (χ3v) is 3.18. The molecule has 1 heterocycles. The highest BCUT2D eigenvalue weighted by Crippen LogP contribution is 2.28. The lowest BCUT2D eigenvalue weighted by molar-refractivity contribution is -0.0786. The van der Waals surface area contributed by atoms with Crippen LogP contribution in [0.15, 0.2) is 24.3 Å². The van der Waals surface area contributed by atoms with Crippen molar-refractivity contribution in [3.8, 4) is 0 Å². The second-order valence-electron chi connectivity index (χ2n) is 5.55. The molecule has 16 heavy (non-hydrogen) atoms. The van der Waals surface area contributed by atoms with E-state index >= 15 is 0 Å². The van der Waals surface area contributed by atoms with Gasteiger partial charge in [0.05, 0.1) is 5.60 Å². The molecular weight excluding hydrogens is 198 g/mol. The van der Waals surface area contributed by atoms with Gasteiger partial charge >= 0.3 is 0 Å². The molecular formula is C14H21NO. The minimum absolute atomic E-state index is 0.0581. The number of rotatable bonds is 2. The van der Waals surface area contributed by atoms with Gasteiger partial charge in [-0.15, -0.1) is 0 Å². The van der Waals surface area contributed by atoms with E-state index in [0.29, 0.717) is 0 Å². The number of hydrogen-bond acceptors (Lipinski definition) is 2. The topological polar surface area (TPSA) is 21.3 Å². The summed E-state index contributed by atoms with van der Waals surface area (Å²) in [5.41, 5.74) is 2.40. The average molecular weight is 219 g/mol. The predicted molar refractivity (Wildman–Crippen MR) is 66.5 cm³/mol. The molecule has 0 amide bonds. The molecule has 2 rings (SSSR count). The lowest BCUT2D eigenvalue weighted by Crippen LogP contribution is -2.40. The minimum atomic E-state index is -0.227. The maximum absolute atomic E-state index is 6.08. The molecule has 1 aromatic carbocycles. The second-order valence-corrected chi connectivity index (χ2v) is 5.55. The zero-order valence-corrected chi connectivity index (χ0v) is 10.6. The Kier molecular flexibility index (Phi) is 2.81. The molecule has 88 valence electrons. The van der Waals surface area contributed by atoms with Crippen LogP contribution in [0.25, 0.3) is 0 Å². The van der Waals surface area contributed by atoms with Crippen LogP contribution in [0.5, 0.6) is 0 Å². The van der Waals surface area contributed by atoms with Crippen molar-refractivity contribution in [2.75, 3.05) is 6.54 Å². The molecule has 1 aliphatic rings. The van der Waals surface area contributed by atoms with Gasteiger partial charge in [-0.3, -0.25) is 5.32 Å². The molecule has 0 aliphatic carbocycles. The maximum atomic E-state index is 6.08. The van der Waals surface area contributed by atoms with Gasteiger partial charge in [0.1, 0.15) is 5.72 Å². The number of ether oxygens (including phenoxy) is 1. The van der Waals surface area contributed by atoms with E-state index in [-0.39, 0.29) is 11.3 Å². The van der Waals surface area contributed by atoms with Crippen LogP contribution in [0.1, 0.15) is 31.9 Å². The van der Waals surface area contributed by atoms with Gasteiger partial charge in [-0.25, -0.2) is 0 Å². The predicted octanol–water partition coefficient (Wildman–Crippen LogP) is 2.65. The molecule has 0 bridgehead atoms. The Hall–Kier alpha value is -0.860. The van der Waals surface area contributed by atoms with E-state index in [2.05, 4.69) is 57.3 Å². The van der Waals surface area contributed by atoms with Crippen molar-refractivity contribution in [2.45, 2.75) is 45.4 Å². The van der Waals surface area contributed by atoms with Crippen molar-refractivity contribution in [1.29, 1.82) is 0 Å². The monoisotopic (exact) mass is 219 g/mol. The largest absolute Gasteiger partial charge is 0.353 e. The Balaban J connectivity index is 2.14. The van der Waals surface area contributed by atoms with Crippen LogP contribution in [0.3, 0.4) is 0 Å². The maximum Gasteiger partial charge on any atom is 0.121 e. The number of nitrogens with one attached hydrogen (secondary N) is 1. The fraction of sp³-hybridized carbons (Fsp3) is 0.571. The van der Waals surface area contributed by atoms with Gasteiger partial charge in [0.25, 0.3) is 0 Å². The van der Waals surface area contributed by atoms with E-state index in [9.17, 15) is 0 Å². The van der Waals surface area contributed by atoms with Gasteiger partial charge in [-0.1, -0.05) is 24.3 Å².